The molecule has 0 rings (SSSR count). The van der Waals surface area contributed by atoms with Crippen LogP contribution in [0.3, 0.4) is 0 Å². The highest BCUT2D eigenvalue weighted by Gasteiger charge is 2.17. The molecule has 0 saturated carbocycles. The standard InChI is InChI=1S/C59H108O5/c1-4-7-10-13-16-19-22-25-28-29-30-31-33-34-37-40-43-46-49-52-58(60)63-56-57(55-62-54-51-48-45-42-39-36-27-24-21-18-15-12-9-6-3)64-59(61)53-50-47-44-41-38-35-32-26-23-20-17-14-11-8-5-2/h16,19,21,24-26,28,32,57H,4-15,17-18,20,22-23,27,29-31,33-56H2,1-3H3/b19-16-,24-21-,28-25-,32-26-. The predicted octanol–water partition coefficient (Wildman–Crippen LogP) is 19.1. The van der Waals surface area contributed by atoms with Crippen LogP contribution in [-0.4, -0.2) is 37.9 Å². The molecule has 0 N–H and O–H groups in total. The SMILES string of the molecule is CCCCC/C=C\C/C=C\CCCCCCCCCCCC(=O)OCC(COCCCCCCCC/C=C\CCCCCC)OC(=O)CCCCCCC/C=C\CCCCCCCC. The van der Waals surface area contributed by atoms with E-state index in [0.717, 1.165) is 57.8 Å². The molecule has 0 aromatic carbocycles. The minimum atomic E-state index is -0.544. The summed E-state index contributed by atoms with van der Waals surface area (Å²) in [6.45, 7) is 7.80. The number of carbonyl (C=O) groups excluding carboxylic acids is 2. The maximum Gasteiger partial charge on any atom is 0.306 e. The van der Waals surface area contributed by atoms with Crippen LogP contribution >= 0.6 is 0 Å². The molecule has 1 atom stereocenters. The molecule has 0 heterocycles. The Kier molecular flexibility index (Phi) is 53.3. The zero-order valence-electron chi connectivity index (χ0n) is 43.1. The first kappa shape index (κ1) is 61.9. The smallest absolute Gasteiger partial charge is 0.306 e. The van der Waals surface area contributed by atoms with Crippen molar-refractivity contribution in [3.63, 3.8) is 0 Å². The van der Waals surface area contributed by atoms with Crippen LogP contribution in [0.25, 0.3) is 0 Å². The van der Waals surface area contributed by atoms with Crippen molar-refractivity contribution in [2.45, 2.75) is 297 Å². The Morgan fingerprint density at radius 3 is 1.09 bits per heavy atom. The Hall–Kier alpha value is -2.14. The Bertz CT molecular complexity index is 1060. The number of unbranched alkanes of at least 4 members (excludes halogenated alkanes) is 33. The minimum Gasteiger partial charge on any atom is -0.462 e. The third-order valence-electron chi connectivity index (χ3n) is 12.3. The molecule has 1 unspecified atom stereocenters. The first-order valence-electron chi connectivity index (χ1n) is 28.2. The fraction of sp³-hybridized carbons (Fsp3) is 0.831. The molecule has 0 amide bonds. The van der Waals surface area contributed by atoms with Gasteiger partial charge in [-0.05, 0) is 103 Å². The molecule has 0 aliphatic heterocycles. The summed E-state index contributed by atoms with van der Waals surface area (Å²) in [5, 5.41) is 0. The van der Waals surface area contributed by atoms with Gasteiger partial charge in [-0.15, -0.1) is 0 Å². The zero-order valence-corrected chi connectivity index (χ0v) is 43.1. The van der Waals surface area contributed by atoms with Crippen molar-refractivity contribution in [1.82, 2.24) is 0 Å². The Morgan fingerprint density at radius 2 is 0.656 bits per heavy atom. The molecule has 5 heteroatoms. The summed E-state index contributed by atoms with van der Waals surface area (Å²) in [5.74, 6) is -0.403. The number of hydrogen-bond acceptors (Lipinski definition) is 5. The lowest BCUT2D eigenvalue weighted by Crippen LogP contribution is -2.30. The maximum absolute atomic E-state index is 12.8. The van der Waals surface area contributed by atoms with Crippen LogP contribution in [0.2, 0.25) is 0 Å². The van der Waals surface area contributed by atoms with Crippen LogP contribution < -0.4 is 0 Å². The summed E-state index contributed by atoms with van der Waals surface area (Å²) in [6, 6.07) is 0. The molecule has 0 aromatic heterocycles. The second-order valence-electron chi connectivity index (χ2n) is 18.8. The fourth-order valence-corrected chi connectivity index (χ4v) is 8.06. The van der Waals surface area contributed by atoms with E-state index in [1.807, 2.05) is 0 Å². The van der Waals surface area contributed by atoms with Gasteiger partial charge in [0, 0.05) is 19.4 Å². The fourth-order valence-electron chi connectivity index (χ4n) is 8.06. The van der Waals surface area contributed by atoms with Crippen molar-refractivity contribution in [3.05, 3.63) is 48.6 Å². The van der Waals surface area contributed by atoms with Crippen molar-refractivity contribution in [3.8, 4) is 0 Å². The lowest BCUT2D eigenvalue weighted by molar-refractivity contribution is -0.163. The van der Waals surface area contributed by atoms with E-state index in [1.165, 1.54) is 199 Å². The highest BCUT2D eigenvalue weighted by Crippen LogP contribution is 2.15. The molecule has 0 radical (unpaired) electrons. The quantitative estimate of drug-likeness (QED) is 0.0346. The molecule has 0 saturated heterocycles. The van der Waals surface area contributed by atoms with Crippen LogP contribution in [0, 0.1) is 0 Å². The molecular weight excluding hydrogens is 789 g/mol. The number of hydrogen-bond donors (Lipinski definition) is 0. The van der Waals surface area contributed by atoms with Crippen LogP contribution in [0.15, 0.2) is 48.6 Å². The summed E-state index contributed by atoms with van der Waals surface area (Å²) in [6.07, 6.45) is 68.3. The van der Waals surface area contributed by atoms with Crippen LogP contribution in [0.4, 0.5) is 0 Å². The second-order valence-corrected chi connectivity index (χ2v) is 18.8. The maximum atomic E-state index is 12.8. The summed E-state index contributed by atoms with van der Waals surface area (Å²) in [5.41, 5.74) is 0. The van der Waals surface area contributed by atoms with Gasteiger partial charge in [0.25, 0.3) is 0 Å². The summed E-state index contributed by atoms with van der Waals surface area (Å²) >= 11 is 0. The van der Waals surface area contributed by atoms with Crippen molar-refractivity contribution in [1.29, 1.82) is 0 Å². The van der Waals surface area contributed by atoms with Crippen LogP contribution in [0.1, 0.15) is 290 Å². The van der Waals surface area contributed by atoms with Gasteiger partial charge in [0.2, 0.25) is 0 Å². The van der Waals surface area contributed by atoms with Gasteiger partial charge in [0.1, 0.15) is 6.61 Å². The van der Waals surface area contributed by atoms with E-state index < -0.39 is 6.10 Å². The van der Waals surface area contributed by atoms with Gasteiger partial charge in [-0.1, -0.05) is 223 Å². The lowest BCUT2D eigenvalue weighted by Gasteiger charge is -2.18. The molecular formula is C59H108O5. The van der Waals surface area contributed by atoms with Gasteiger partial charge in [-0.25, -0.2) is 0 Å². The van der Waals surface area contributed by atoms with E-state index in [2.05, 4.69) is 69.4 Å². The van der Waals surface area contributed by atoms with Gasteiger partial charge in [-0.3, -0.25) is 9.59 Å². The van der Waals surface area contributed by atoms with Crippen molar-refractivity contribution < 1.29 is 23.8 Å². The zero-order chi connectivity index (χ0) is 46.3. The highest BCUT2D eigenvalue weighted by molar-refractivity contribution is 5.70. The molecule has 0 bridgehead atoms. The molecule has 0 aromatic rings. The topological polar surface area (TPSA) is 61.8 Å². The number of rotatable bonds is 52. The molecule has 0 spiro atoms. The van der Waals surface area contributed by atoms with Crippen molar-refractivity contribution in [2.75, 3.05) is 19.8 Å². The van der Waals surface area contributed by atoms with Crippen LogP contribution in [-0.2, 0) is 23.8 Å². The van der Waals surface area contributed by atoms with E-state index in [1.54, 1.807) is 0 Å². The predicted molar refractivity (Wildman–Crippen MR) is 279 cm³/mol. The van der Waals surface area contributed by atoms with E-state index in [-0.39, 0.29) is 25.2 Å². The minimum absolute atomic E-state index is 0.0795. The van der Waals surface area contributed by atoms with E-state index >= 15 is 0 Å². The Balaban J connectivity index is 4.25. The molecule has 64 heavy (non-hydrogen) atoms. The second kappa shape index (κ2) is 55.2. The monoisotopic (exact) mass is 897 g/mol. The third-order valence-corrected chi connectivity index (χ3v) is 12.3. The Morgan fingerprint density at radius 1 is 0.344 bits per heavy atom. The van der Waals surface area contributed by atoms with Gasteiger partial charge in [0.05, 0.1) is 6.61 Å². The number of carbonyl (C=O) groups is 2. The molecule has 0 aliphatic rings. The summed E-state index contributed by atoms with van der Waals surface area (Å²) < 4.78 is 17.4. The van der Waals surface area contributed by atoms with E-state index in [4.69, 9.17) is 14.2 Å². The third kappa shape index (κ3) is 52.5. The van der Waals surface area contributed by atoms with Gasteiger partial charge in [0.15, 0.2) is 6.10 Å². The number of allylic oxidation sites excluding steroid dienone is 8. The summed E-state index contributed by atoms with van der Waals surface area (Å²) in [4.78, 5) is 25.5. The Labute approximate surface area is 399 Å². The average Bonchev–Trinajstić information content (AvgIpc) is 3.30. The normalized spacial score (nSPS) is 12.5. The molecule has 0 fully saturated rings. The van der Waals surface area contributed by atoms with Crippen molar-refractivity contribution >= 4 is 11.9 Å². The summed E-state index contributed by atoms with van der Waals surface area (Å²) in [7, 11) is 0. The molecule has 5 nitrogen and oxygen atoms in total. The average molecular weight is 898 g/mol. The largest absolute Gasteiger partial charge is 0.462 e. The number of ether oxygens (including phenoxy) is 3. The van der Waals surface area contributed by atoms with E-state index in [0.29, 0.717) is 19.4 Å². The first-order chi connectivity index (χ1) is 31.6. The first-order valence-corrected chi connectivity index (χ1v) is 28.2. The van der Waals surface area contributed by atoms with Gasteiger partial charge in [-0.2, -0.15) is 0 Å². The van der Waals surface area contributed by atoms with Gasteiger partial charge >= 0.3 is 11.9 Å². The number of esters is 2. The van der Waals surface area contributed by atoms with Crippen molar-refractivity contribution in [2.24, 2.45) is 0 Å². The lowest BCUT2D eigenvalue weighted by atomic mass is 10.1. The van der Waals surface area contributed by atoms with Crippen LogP contribution in [0.5, 0.6) is 0 Å². The molecule has 374 valence electrons. The van der Waals surface area contributed by atoms with Gasteiger partial charge < -0.3 is 14.2 Å². The highest BCUT2D eigenvalue weighted by atomic mass is 16.6. The molecule has 0 aliphatic carbocycles. The van der Waals surface area contributed by atoms with E-state index in [9.17, 15) is 9.59 Å².